The minimum absolute atomic E-state index is 0.0327. The molecule has 0 aliphatic carbocycles. The summed E-state index contributed by atoms with van der Waals surface area (Å²) in [5.41, 5.74) is 4.51. The Labute approximate surface area is 213 Å². The summed E-state index contributed by atoms with van der Waals surface area (Å²) in [7, 11) is 0. The highest BCUT2D eigenvalue weighted by atomic mass is 32.2. The van der Waals surface area contributed by atoms with Crippen molar-refractivity contribution < 1.29 is 4.79 Å². The van der Waals surface area contributed by atoms with E-state index in [0.29, 0.717) is 15.8 Å². The van der Waals surface area contributed by atoms with E-state index >= 15 is 0 Å². The van der Waals surface area contributed by atoms with Gasteiger partial charge in [0.1, 0.15) is 4.32 Å². The lowest BCUT2D eigenvalue weighted by Crippen LogP contribution is -2.27. The molecule has 1 aliphatic rings. The lowest BCUT2D eigenvalue weighted by atomic mass is 10.0. The highest BCUT2D eigenvalue weighted by molar-refractivity contribution is 8.26. The van der Waals surface area contributed by atoms with Crippen molar-refractivity contribution in [1.29, 1.82) is 0 Å². The highest BCUT2D eigenvalue weighted by Gasteiger charge is 2.32. The highest BCUT2D eigenvalue weighted by Crippen LogP contribution is 2.35. The molecule has 1 fully saturated rings. The van der Waals surface area contributed by atoms with E-state index in [2.05, 4.69) is 71.4 Å². The number of para-hydroxylation sites is 1. The summed E-state index contributed by atoms with van der Waals surface area (Å²) in [5, 5.41) is 3.63. The van der Waals surface area contributed by atoms with Gasteiger partial charge in [-0.15, -0.1) is 0 Å². The van der Waals surface area contributed by atoms with E-state index in [1.54, 1.807) is 4.90 Å². The summed E-state index contributed by atoms with van der Waals surface area (Å²) in [5.74, 6) is -0.0327. The van der Waals surface area contributed by atoms with E-state index in [1.165, 1.54) is 28.1 Å². The summed E-state index contributed by atoms with van der Waals surface area (Å²) in [6, 6.07) is 33.3. The third-order valence-electron chi connectivity index (χ3n) is 6.38. The molecule has 1 amide bonds. The third kappa shape index (κ3) is 4.18. The van der Waals surface area contributed by atoms with Gasteiger partial charge in [0.25, 0.3) is 5.91 Å². The van der Waals surface area contributed by atoms with Crippen molar-refractivity contribution in [2.45, 2.75) is 13.1 Å². The second-order valence-electron chi connectivity index (χ2n) is 8.62. The van der Waals surface area contributed by atoms with E-state index in [1.807, 2.05) is 42.5 Å². The first-order valence-corrected chi connectivity index (χ1v) is 12.7. The molecule has 0 atom stereocenters. The van der Waals surface area contributed by atoms with Crippen molar-refractivity contribution in [1.82, 2.24) is 9.47 Å². The number of thiocarbonyl (C=S) groups is 1. The maximum Gasteiger partial charge on any atom is 0.266 e. The number of nitrogens with zero attached hydrogens (tertiary/aromatic N) is 2. The molecule has 0 saturated carbocycles. The molecule has 4 aromatic carbocycles. The number of rotatable bonds is 5. The molecule has 5 heteroatoms. The molecule has 1 aromatic heterocycles. The molecule has 5 aromatic rings. The maximum atomic E-state index is 13.2. The van der Waals surface area contributed by atoms with Crippen LogP contribution in [0.25, 0.3) is 27.8 Å². The van der Waals surface area contributed by atoms with Crippen molar-refractivity contribution >= 4 is 62.0 Å². The molecule has 3 nitrogen and oxygen atoms in total. The summed E-state index contributed by atoms with van der Waals surface area (Å²) >= 11 is 6.94. The number of benzene rings is 4. The van der Waals surface area contributed by atoms with Crippen molar-refractivity contribution in [3.63, 3.8) is 0 Å². The van der Waals surface area contributed by atoms with E-state index in [9.17, 15) is 4.79 Å². The average molecular weight is 491 g/mol. The molecular weight excluding hydrogens is 468 g/mol. The Morgan fingerprint density at radius 1 is 0.771 bits per heavy atom. The second kappa shape index (κ2) is 9.17. The first-order valence-electron chi connectivity index (χ1n) is 11.5. The molecule has 170 valence electrons. The Hall–Kier alpha value is -3.67. The van der Waals surface area contributed by atoms with E-state index in [4.69, 9.17) is 12.2 Å². The van der Waals surface area contributed by atoms with E-state index in [-0.39, 0.29) is 5.91 Å². The summed E-state index contributed by atoms with van der Waals surface area (Å²) in [6.07, 6.45) is 4.14. The van der Waals surface area contributed by atoms with Crippen LogP contribution in [0.4, 0.5) is 0 Å². The molecule has 0 bridgehead atoms. The summed E-state index contributed by atoms with van der Waals surface area (Å²) in [4.78, 5) is 15.6. The van der Waals surface area contributed by atoms with Crippen molar-refractivity contribution in [3.8, 4) is 0 Å². The molecule has 1 aliphatic heterocycles. The number of aromatic nitrogens is 1. The van der Waals surface area contributed by atoms with Gasteiger partial charge in [-0.1, -0.05) is 115 Å². The summed E-state index contributed by atoms with van der Waals surface area (Å²) < 4.78 is 2.87. The lowest BCUT2D eigenvalue weighted by molar-refractivity contribution is -0.122. The monoisotopic (exact) mass is 490 g/mol. The minimum Gasteiger partial charge on any atom is -0.342 e. The first-order chi connectivity index (χ1) is 17.2. The van der Waals surface area contributed by atoms with E-state index in [0.717, 1.165) is 28.6 Å². The average Bonchev–Trinajstić information content (AvgIpc) is 3.37. The molecule has 1 saturated heterocycles. The largest absolute Gasteiger partial charge is 0.342 e. The Morgan fingerprint density at radius 2 is 1.49 bits per heavy atom. The van der Waals surface area contributed by atoms with Crippen LogP contribution < -0.4 is 0 Å². The van der Waals surface area contributed by atoms with Gasteiger partial charge in [0.15, 0.2) is 0 Å². The molecule has 35 heavy (non-hydrogen) atoms. The van der Waals surface area contributed by atoms with Gasteiger partial charge in [0.2, 0.25) is 0 Å². The fourth-order valence-electron chi connectivity index (χ4n) is 4.68. The quantitative estimate of drug-likeness (QED) is 0.192. The number of thioether (sulfide) groups is 1. The number of carbonyl (C=O) groups is 1. The van der Waals surface area contributed by atoms with Gasteiger partial charge in [-0.05, 0) is 34.0 Å². The van der Waals surface area contributed by atoms with E-state index < -0.39 is 0 Å². The molecule has 0 spiro atoms. The van der Waals surface area contributed by atoms with Crippen LogP contribution in [-0.4, -0.2) is 19.7 Å². The molecular formula is C30H22N2OS2. The SMILES string of the molecule is O=C1/C(=C\c2cn(Cc3cccc4ccccc34)c3ccccc23)SC(=S)N1Cc1ccccc1. The van der Waals surface area contributed by atoms with Crippen LogP contribution in [-0.2, 0) is 17.9 Å². The Balaban J connectivity index is 1.35. The topological polar surface area (TPSA) is 25.2 Å². The van der Waals surface area contributed by atoms with Crippen LogP contribution in [0.3, 0.4) is 0 Å². The molecule has 2 heterocycles. The Morgan fingerprint density at radius 3 is 2.34 bits per heavy atom. The van der Waals surface area contributed by atoms with Gasteiger partial charge in [-0.3, -0.25) is 9.69 Å². The fraction of sp³-hybridized carbons (Fsp3) is 0.0667. The van der Waals surface area contributed by atoms with Crippen LogP contribution in [0.15, 0.2) is 108 Å². The first kappa shape index (κ1) is 21.8. The normalized spacial score (nSPS) is 15.1. The number of hydrogen-bond donors (Lipinski definition) is 0. The zero-order chi connectivity index (χ0) is 23.8. The van der Waals surface area contributed by atoms with Gasteiger partial charge in [-0.25, -0.2) is 0 Å². The molecule has 6 rings (SSSR count). The van der Waals surface area contributed by atoms with Gasteiger partial charge in [0.05, 0.1) is 11.4 Å². The van der Waals surface area contributed by atoms with Crippen molar-refractivity contribution in [2.75, 3.05) is 0 Å². The van der Waals surface area contributed by atoms with Gasteiger partial charge >= 0.3 is 0 Å². The Bertz CT molecular complexity index is 1610. The van der Waals surface area contributed by atoms with Crippen LogP contribution in [0, 0.1) is 0 Å². The second-order valence-corrected chi connectivity index (χ2v) is 10.3. The number of carbonyl (C=O) groups excluding carboxylic acids is 1. The van der Waals surface area contributed by atoms with Crippen LogP contribution in [0.1, 0.15) is 16.7 Å². The zero-order valence-corrected chi connectivity index (χ0v) is 20.6. The standard InChI is InChI=1S/C30H22N2OS2/c33-29-28(35-30(34)32(29)18-21-9-2-1-3-10-21)17-24-20-31(27-16-7-6-15-26(24)27)19-23-13-8-12-22-11-4-5-14-25(22)23/h1-17,20H,18-19H2/b28-17+. The predicted molar refractivity (Wildman–Crippen MR) is 150 cm³/mol. The predicted octanol–water partition coefficient (Wildman–Crippen LogP) is 7.24. The van der Waals surface area contributed by atoms with Gasteiger partial charge in [0, 0.05) is 29.2 Å². The van der Waals surface area contributed by atoms with Gasteiger partial charge in [-0.2, -0.15) is 0 Å². The third-order valence-corrected chi connectivity index (χ3v) is 7.76. The molecule has 0 radical (unpaired) electrons. The van der Waals surface area contributed by atoms with Crippen LogP contribution in [0.2, 0.25) is 0 Å². The smallest absolute Gasteiger partial charge is 0.266 e. The minimum atomic E-state index is -0.0327. The molecule has 0 unspecified atom stereocenters. The maximum absolute atomic E-state index is 13.2. The van der Waals surface area contributed by atoms with Gasteiger partial charge < -0.3 is 4.57 Å². The number of hydrogen-bond acceptors (Lipinski definition) is 3. The fourth-order valence-corrected chi connectivity index (χ4v) is 5.92. The zero-order valence-electron chi connectivity index (χ0n) is 18.9. The Kier molecular flexibility index (Phi) is 5.72. The molecule has 0 N–H and O–H groups in total. The number of amides is 1. The van der Waals surface area contributed by atoms with Crippen molar-refractivity contribution in [3.05, 3.63) is 125 Å². The lowest BCUT2D eigenvalue weighted by Gasteiger charge is -2.14. The van der Waals surface area contributed by atoms with Crippen LogP contribution >= 0.6 is 24.0 Å². The summed E-state index contributed by atoms with van der Waals surface area (Å²) in [6.45, 7) is 1.25. The van der Waals surface area contributed by atoms with Crippen molar-refractivity contribution in [2.24, 2.45) is 0 Å². The number of fused-ring (bicyclic) bond motifs is 2. The van der Waals surface area contributed by atoms with Crippen LogP contribution in [0.5, 0.6) is 0 Å².